The molecule has 2 rings (SSSR count). The van der Waals surface area contributed by atoms with E-state index in [9.17, 15) is 10.1 Å². The minimum atomic E-state index is -0.487. The third kappa shape index (κ3) is 3.04. The first-order valence-electron chi connectivity index (χ1n) is 6.62. The lowest BCUT2D eigenvalue weighted by Gasteiger charge is -2.38. The number of benzene rings is 1. The van der Waals surface area contributed by atoms with E-state index in [1.165, 1.54) is 18.2 Å². The minimum absolute atomic E-state index is 0.0537. The monoisotopic (exact) mass is 299 g/mol. The van der Waals surface area contributed by atoms with Crippen LogP contribution in [0.25, 0.3) is 0 Å². The SMILES string of the molecule is CC1[C@H](Oc2ccc([N+](=O)[O-])cc2Cl)OC[C@@H](C)[C@@H]1C. The first kappa shape index (κ1) is 15.1. The zero-order chi connectivity index (χ0) is 14.9. The number of hydrogen-bond donors (Lipinski definition) is 0. The van der Waals surface area contributed by atoms with Crippen molar-refractivity contribution in [2.45, 2.75) is 27.1 Å². The highest BCUT2D eigenvalue weighted by atomic mass is 35.5. The van der Waals surface area contributed by atoms with Crippen LogP contribution in [-0.4, -0.2) is 17.8 Å². The summed E-state index contributed by atoms with van der Waals surface area (Å²) in [5.74, 6) is 1.60. The largest absolute Gasteiger partial charge is 0.463 e. The van der Waals surface area contributed by atoms with E-state index in [-0.39, 0.29) is 22.9 Å². The molecule has 6 heteroatoms. The fraction of sp³-hybridized carbons (Fsp3) is 0.571. The smallest absolute Gasteiger partial charge is 0.271 e. The van der Waals surface area contributed by atoms with Crippen molar-refractivity contribution >= 4 is 17.3 Å². The maximum atomic E-state index is 10.7. The molecule has 1 aromatic carbocycles. The van der Waals surface area contributed by atoms with Crippen LogP contribution in [0.2, 0.25) is 5.02 Å². The van der Waals surface area contributed by atoms with Gasteiger partial charge in [0.1, 0.15) is 5.75 Å². The highest BCUT2D eigenvalue weighted by Crippen LogP contribution is 2.35. The van der Waals surface area contributed by atoms with Gasteiger partial charge >= 0.3 is 0 Å². The molecule has 0 spiro atoms. The third-order valence-corrected chi connectivity index (χ3v) is 4.34. The van der Waals surface area contributed by atoms with Crippen molar-refractivity contribution in [2.24, 2.45) is 17.8 Å². The molecular weight excluding hydrogens is 282 g/mol. The predicted octanol–water partition coefficient (Wildman–Crippen LogP) is 3.89. The minimum Gasteiger partial charge on any atom is -0.463 e. The number of nitrogens with zero attached hydrogens (tertiary/aromatic N) is 1. The third-order valence-electron chi connectivity index (χ3n) is 4.05. The highest BCUT2D eigenvalue weighted by Gasteiger charge is 2.34. The van der Waals surface area contributed by atoms with Gasteiger partial charge in [-0.15, -0.1) is 0 Å². The van der Waals surface area contributed by atoms with E-state index in [1.54, 1.807) is 0 Å². The summed E-state index contributed by atoms with van der Waals surface area (Å²) in [6, 6.07) is 4.18. The summed E-state index contributed by atoms with van der Waals surface area (Å²) < 4.78 is 11.5. The molecule has 1 saturated heterocycles. The van der Waals surface area contributed by atoms with Gasteiger partial charge in [0.2, 0.25) is 6.29 Å². The normalized spacial score (nSPS) is 30.0. The van der Waals surface area contributed by atoms with Crippen molar-refractivity contribution in [3.8, 4) is 5.75 Å². The average Bonchev–Trinajstić information content (AvgIpc) is 2.41. The maximum absolute atomic E-state index is 10.7. The molecular formula is C14H18ClNO4. The summed E-state index contributed by atoms with van der Waals surface area (Å²) in [6.45, 7) is 7.03. The fourth-order valence-electron chi connectivity index (χ4n) is 2.28. The van der Waals surface area contributed by atoms with E-state index in [1.807, 2.05) is 0 Å². The van der Waals surface area contributed by atoms with E-state index < -0.39 is 4.92 Å². The van der Waals surface area contributed by atoms with E-state index in [4.69, 9.17) is 21.1 Å². The van der Waals surface area contributed by atoms with Crippen LogP contribution in [0.4, 0.5) is 5.69 Å². The molecule has 0 amide bonds. The standard InChI is InChI=1S/C14H18ClNO4/c1-8-7-19-14(10(3)9(8)2)20-13-5-4-11(16(17)18)6-12(13)15/h4-6,8-10,14H,7H2,1-3H3/t8-,9+,10?,14+/m1/s1. The molecule has 0 N–H and O–H groups in total. The zero-order valence-electron chi connectivity index (χ0n) is 11.7. The van der Waals surface area contributed by atoms with Crippen LogP contribution >= 0.6 is 11.6 Å². The Morgan fingerprint density at radius 1 is 1.35 bits per heavy atom. The molecule has 1 aliphatic rings. The summed E-state index contributed by atoms with van der Waals surface area (Å²) in [7, 11) is 0. The topological polar surface area (TPSA) is 61.6 Å². The van der Waals surface area contributed by atoms with Crippen molar-refractivity contribution in [1.82, 2.24) is 0 Å². The van der Waals surface area contributed by atoms with Crippen LogP contribution in [-0.2, 0) is 4.74 Å². The predicted molar refractivity (Wildman–Crippen MR) is 76.0 cm³/mol. The lowest BCUT2D eigenvalue weighted by atomic mass is 9.83. The number of rotatable bonds is 3. The Morgan fingerprint density at radius 3 is 2.65 bits per heavy atom. The van der Waals surface area contributed by atoms with Crippen LogP contribution in [0.3, 0.4) is 0 Å². The Bertz CT molecular complexity index is 508. The van der Waals surface area contributed by atoms with Gasteiger partial charge in [0.25, 0.3) is 5.69 Å². The molecule has 1 aromatic rings. The lowest BCUT2D eigenvalue weighted by Crippen LogP contribution is -2.41. The van der Waals surface area contributed by atoms with Crippen molar-refractivity contribution in [1.29, 1.82) is 0 Å². The number of hydrogen-bond acceptors (Lipinski definition) is 4. The van der Waals surface area contributed by atoms with E-state index in [0.717, 1.165) is 0 Å². The molecule has 20 heavy (non-hydrogen) atoms. The van der Waals surface area contributed by atoms with Crippen LogP contribution in [0.5, 0.6) is 5.75 Å². The molecule has 0 aliphatic carbocycles. The van der Waals surface area contributed by atoms with Crippen LogP contribution < -0.4 is 4.74 Å². The van der Waals surface area contributed by atoms with Gasteiger partial charge < -0.3 is 9.47 Å². The summed E-state index contributed by atoms with van der Waals surface area (Å²) in [6.07, 6.45) is -0.375. The highest BCUT2D eigenvalue weighted by molar-refractivity contribution is 6.32. The van der Waals surface area contributed by atoms with E-state index >= 15 is 0 Å². The number of halogens is 1. The van der Waals surface area contributed by atoms with Gasteiger partial charge in [-0.1, -0.05) is 32.4 Å². The molecule has 4 atom stereocenters. The Balaban J connectivity index is 2.12. The molecule has 1 unspecified atom stereocenters. The van der Waals surface area contributed by atoms with Gasteiger partial charge in [0.15, 0.2) is 0 Å². The van der Waals surface area contributed by atoms with Crippen LogP contribution in [0.15, 0.2) is 18.2 Å². The summed E-state index contributed by atoms with van der Waals surface area (Å²) in [5.41, 5.74) is -0.0537. The van der Waals surface area contributed by atoms with Crippen molar-refractivity contribution in [3.63, 3.8) is 0 Å². The van der Waals surface area contributed by atoms with Gasteiger partial charge in [-0.2, -0.15) is 0 Å². The Kier molecular flexibility index (Phi) is 4.50. The summed E-state index contributed by atoms with van der Waals surface area (Å²) >= 11 is 6.02. The average molecular weight is 300 g/mol. The molecule has 0 bridgehead atoms. The second kappa shape index (κ2) is 5.97. The second-order valence-corrected chi connectivity index (χ2v) is 5.79. The number of nitro benzene ring substituents is 1. The Hall–Kier alpha value is -1.33. The van der Waals surface area contributed by atoms with Gasteiger partial charge in [0, 0.05) is 18.1 Å². The number of non-ortho nitro benzene ring substituents is 1. The van der Waals surface area contributed by atoms with Crippen molar-refractivity contribution < 1.29 is 14.4 Å². The Labute approximate surface area is 123 Å². The quantitative estimate of drug-likeness (QED) is 0.627. The molecule has 0 aromatic heterocycles. The first-order chi connectivity index (χ1) is 9.40. The molecule has 110 valence electrons. The zero-order valence-corrected chi connectivity index (χ0v) is 12.5. The number of nitro groups is 1. The molecule has 0 radical (unpaired) electrons. The van der Waals surface area contributed by atoms with Gasteiger partial charge in [-0.05, 0) is 17.9 Å². The number of ether oxygens (including phenoxy) is 2. The molecule has 1 fully saturated rings. The maximum Gasteiger partial charge on any atom is 0.271 e. The molecule has 5 nitrogen and oxygen atoms in total. The van der Waals surface area contributed by atoms with Gasteiger partial charge in [-0.25, -0.2) is 0 Å². The van der Waals surface area contributed by atoms with E-state index in [0.29, 0.717) is 24.2 Å². The lowest BCUT2D eigenvalue weighted by molar-refractivity contribution is -0.384. The van der Waals surface area contributed by atoms with Gasteiger partial charge in [-0.3, -0.25) is 10.1 Å². The molecule has 1 heterocycles. The summed E-state index contributed by atoms with van der Waals surface area (Å²) in [4.78, 5) is 10.2. The first-order valence-corrected chi connectivity index (χ1v) is 7.00. The fourth-order valence-corrected chi connectivity index (χ4v) is 2.50. The Morgan fingerprint density at radius 2 is 2.05 bits per heavy atom. The van der Waals surface area contributed by atoms with Gasteiger partial charge in [0.05, 0.1) is 16.6 Å². The van der Waals surface area contributed by atoms with Crippen molar-refractivity contribution in [3.05, 3.63) is 33.3 Å². The van der Waals surface area contributed by atoms with Crippen LogP contribution in [0.1, 0.15) is 20.8 Å². The van der Waals surface area contributed by atoms with E-state index in [2.05, 4.69) is 20.8 Å². The summed E-state index contributed by atoms with van der Waals surface area (Å²) in [5, 5.41) is 10.9. The van der Waals surface area contributed by atoms with Crippen LogP contribution in [0, 0.1) is 27.9 Å². The second-order valence-electron chi connectivity index (χ2n) is 5.39. The molecule has 1 aliphatic heterocycles. The molecule has 0 saturated carbocycles. The van der Waals surface area contributed by atoms with Crippen molar-refractivity contribution in [2.75, 3.05) is 6.61 Å².